The predicted octanol–water partition coefficient (Wildman–Crippen LogP) is 6.48. The van der Waals surface area contributed by atoms with Crippen molar-refractivity contribution < 1.29 is 9.21 Å². The Bertz CT molecular complexity index is 1330. The highest BCUT2D eigenvalue weighted by Crippen LogP contribution is 2.37. The second-order valence-corrected chi connectivity index (χ2v) is 10.2. The van der Waals surface area contributed by atoms with E-state index in [-0.39, 0.29) is 5.91 Å². The summed E-state index contributed by atoms with van der Waals surface area (Å²) >= 11 is 8.15. The van der Waals surface area contributed by atoms with Gasteiger partial charge in [-0.25, -0.2) is 4.98 Å². The van der Waals surface area contributed by atoms with Crippen LogP contribution in [0.15, 0.2) is 70.5 Å². The van der Waals surface area contributed by atoms with Crippen LogP contribution in [0, 0.1) is 6.92 Å². The molecule has 8 heteroatoms. The van der Waals surface area contributed by atoms with Gasteiger partial charge >= 0.3 is 0 Å². The second-order valence-electron chi connectivity index (χ2n) is 8.91. The van der Waals surface area contributed by atoms with Crippen molar-refractivity contribution in [1.82, 2.24) is 14.8 Å². The molecule has 4 aromatic rings. The maximum Gasteiger partial charge on any atom is 0.289 e. The molecular formula is C28H29ClN4O2S. The van der Waals surface area contributed by atoms with Crippen molar-refractivity contribution in [3.63, 3.8) is 0 Å². The Morgan fingerprint density at radius 2 is 1.81 bits per heavy atom. The van der Waals surface area contributed by atoms with Gasteiger partial charge in [0.1, 0.15) is 5.76 Å². The summed E-state index contributed by atoms with van der Waals surface area (Å²) in [4.78, 5) is 24.2. The minimum atomic E-state index is -0.0581. The summed E-state index contributed by atoms with van der Waals surface area (Å²) in [5, 5.41) is 3.48. The van der Waals surface area contributed by atoms with Gasteiger partial charge in [0.25, 0.3) is 5.91 Å². The van der Waals surface area contributed by atoms with E-state index in [1.165, 1.54) is 5.56 Å². The minimum absolute atomic E-state index is 0.0581. The molecule has 2 aromatic carbocycles. The summed E-state index contributed by atoms with van der Waals surface area (Å²) in [6, 6.07) is 19.7. The van der Waals surface area contributed by atoms with Crippen LogP contribution in [0.25, 0.3) is 11.3 Å². The fourth-order valence-electron chi connectivity index (χ4n) is 4.33. The van der Waals surface area contributed by atoms with Crippen molar-refractivity contribution >= 4 is 39.7 Å². The van der Waals surface area contributed by atoms with E-state index in [1.54, 1.807) is 17.4 Å². The lowest BCUT2D eigenvalue weighted by Crippen LogP contribution is -2.48. The molecule has 0 N–H and O–H groups in total. The molecule has 6 nitrogen and oxygen atoms in total. The van der Waals surface area contributed by atoms with E-state index < -0.39 is 0 Å². The van der Waals surface area contributed by atoms with Crippen molar-refractivity contribution in [3.8, 4) is 11.3 Å². The SMILES string of the molecule is CCN1CCN(C(=O)c2ccc(CN(c3nc(-c4ccc(C)cc4)cs3)c3ccccc3Cl)o2)CC1. The number of amides is 1. The van der Waals surface area contributed by atoms with Gasteiger partial charge in [0.2, 0.25) is 0 Å². The number of piperazine rings is 1. The Balaban J connectivity index is 1.39. The number of rotatable bonds is 7. The Kier molecular flexibility index (Phi) is 7.41. The smallest absolute Gasteiger partial charge is 0.289 e. The van der Waals surface area contributed by atoms with E-state index in [4.69, 9.17) is 21.0 Å². The van der Waals surface area contributed by atoms with Gasteiger partial charge in [-0.3, -0.25) is 4.79 Å². The third kappa shape index (κ3) is 5.33. The van der Waals surface area contributed by atoms with E-state index >= 15 is 0 Å². The zero-order chi connectivity index (χ0) is 25.1. The quantitative estimate of drug-likeness (QED) is 0.279. The summed E-state index contributed by atoms with van der Waals surface area (Å²) in [6.07, 6.45) is 0. The van der Waals surface area contributed by atoms with Crippen molar-refractivity contribution in [2.24, 2.45) is 0 Å². The Morgan fingerprint density at radius 3 is 2.53 bits per heavy atom. The van der Waals surface area contributed by atoms with Gasteiger partial charge in [-0.1, -0.05) is 60.5 Å². The van der Waals surface area contributed by atoms with Crippen molar-refractivity contribution in [1.29, 1.82) is 0 Å². The molecule has 0 radical (unpaired) electrons. The first kappa shape index (κ1) is 24.6. The molecule has 2 aromatic heterocycles. The Labute approximate surface area is 220 Å². The summed E-state index contributed by atoms with van der Waals surface area (Å²) < 4.78 is 6.06. The third-order valence-corrected chi connectivity index (χ3v) is 7.69. The number of hydrogen-bond acceptors (Lipinski definition) is 6. The van der Waals surface area contributed by atoms with E-state index in [0.717, 1.165) is 54.8 Å². The summed E-state index contributed by atoms with van der Waals surface area (Å²) in [6.45, 7) is 8.85. The number of benzene rings is 2. The summed E-state index contributed by atoms with van der Waals surface area (Å²) in [7, 11) is 0. The molecule has 0 saturated carbocycles. The van der Waals surface area contributed by atoms with Crippen LogP contribution in [0.1, 0.15) is 28.8 Å². The van der Waals surface area contributed by atoms with Crippen LogP contribution >= 0.6 is 22.9 Å². The van der Waals surface area contributed by atoms with Gasteiger partial charge < -0.3 is 19.1 Å². The molecule has 0 bridgehead atoms. The highest BCUT2D eigenvalue weighted by Gasteiger charge is 2.25. The first-order chi connectivity index (χ1) is 17.5. The number of nitrogens with zero attached hydrogens (tertiary/aromatic N) is 4. The minimum Gasteiger partial charge on any atom is -0.454 e. The number of anilines is 2. The fraction of sp³-hybridized carbons (Fsp3) is 0.286. The zero-order valence-electron chi connectivity index (χ0n) is 20.5. The maximum absolute atomic E-state index is 13.0. The average Bonchev–Trinajstić information content (AvgIpc) is 3.58. The molecule has 0 unspecified atom stereocenters. The molecule has 36 heavy (non-hydrogen) atoms. The topological polar surface area (TPSA) is 52.8 Å². The molecule has 1 amide bonds. The van der Waals surface area contributed by atoms with Crippen LogP contribution in [0.5, 0.6) is 0 Å². The van der Waals surface area contributed by atoms with Crippen molar-refractivity contribution in [2.75, 3.05) is 37.6 Å². The van der Waals surface area contributed by atoms with Crippen molar-refractivity contribution in [3.05, 3.63) is 88.2 Å². The number of para-hydroxylation sites is 1. The normalized spacial score (nSPS) is 14.2. The molecule has 1 fully saturated rings. The first-order valence-electron chi connectivity index (χ1n) is 12.2. The van der Waals surface area contributed by atoms with Crippen LogP contribution in [-0.2, 0) is 6.54 Å². The predicted molar refractivity (Wildman–Crippen MR) is 146 cm³/mol. The number of carbonyl (C=O) groups excluding carboxylic acids is 1. The Morgan fingerprint density at radius 1 is 1.06 bits per heavy atom. The lowest BCUT2D eigenvalue weighted by atomic mass is 10.1. The van der Waals surface area contributed by atoms with Gasteiger partial charge in [-0.05, 0) is 37.7 Å². The van der Waals surface area contributed by atoms with E-state index in [9.17, 15) is 4.79 Å². The van der Waals surface area contributed by atoms with Crippen molar-refractivity contribution in [2.45, 2.75) is 20.4 Å². The van der Waals surface area contributed by atoms with Crippen LogP contribution < -0.4 is 4.90 Å². The standard InChI is InChI=1S/C28H29ClN4O2S/c1-3-31-14-16-32(17-15-31)27(34)26-13-12-22(35-26)18-33(25-7-5-4-6-23(25)29)28-30-24(19-36-28)21-10-8-20(2)9-11-21/h4-13,19H,3,14-18H2,1-2H3. The van der Waals surface area contributed by atoms with Gasteiger partial charge in [-0.15, -0.1) is 11.3 Å². The number of furan rings is 1. The largest absolute Gasteiger partial charge is 0.454 e. The van der Waals surface area contributed by atoms with E-state index in [2.05, 4.69) is 48.4 Å². The lowest BCUT2D eigenvalue weighted by Gasteiger charge is -2.33. The molecule has 1 aliphatic rings. The summed E-state index contributed by atoms with van der Waals surface area (Å²) in [5.41, 5.74) is 4.02. The first-order valence-corrected chi connectivity index (χ1v) is 13.4. The van der Waals surface area contributed by atoms with Gasteiger partial charge in [0, 0.05) is 37.1 Å². The molecule has 1 aliphatic heterocycles. The highest BCUT2D eigenvalue weighted by molar-refractivity contribution is 7.14. The monoisotopic (exact) mass is 520 g/mol. The number of hydrogen-bond donors (Lipinski definition) is 0. The molecule has 3 heterocycles. The second kappa shape index (κ2) is 10.9. The number of aromatic nitrogens is 1. The molecule has 1 saturated heterocycles. The molecular weight excluding hydrogens is 492 g/mol. The third-order valence-electron chi connectivity index (χ3n) is 6.51. The molecule has 5 rings (SSSR count). The molecule has 0 atom stereocenters. The van der Waals surface area contributed by atoms with Gasteiger partial charge in [0.15, 0.2) is 10.9 Å². The average molecular weight is 521 g/mol. The number of thiazole rings is 1. The number of likely N-dealkylation sites (N-methyl/N-ethyl adjacent to an activating group) is 1. The van der Waals surface area contributed by atoms with E-state index in [1.807, 2.05) is 40.1 Å². The number of aryl methyl sites for hydroxylation is 1. The molecule has 186 valence electrons. The molecule has 0 spiro atoms. The van der Waals surface area contributed by atoms with Crippen LogP contribution in [0.4, 0.5) is 10.8 Å². The maximum atomic E-state index is 13.0. The van der Waals surface area contributed by atoms with Crippen LogP contribution in [0.2, 0.25) is 5.02 Å². The van der Waals surface area contributed by atoms with Gasteiger partial charge in [0.05, 0.1) is 22.9 Å². The van der Waals surface area contributed by atoms with Gasteiger partial charge in [-0.2, -0.15) is 0 Å². The lowest BCUT2D eigenvalue weighted by molar-refractivity contribution is 0.0610. The highest BCUT2D eigenvalue weighted by atomic mass is 35.5. The Hall–Kier alpha value is -3.13. The number of halogens is 1. The fourth-order valence-corrected chi connectivity index (χ4v) is 5.41. The van der Waals surface area contributed by atoms with Crippen LogP contribution in [0.3, 0.4) is 0 Å². The zero-order valence-corrected chi connectivity index (χ0v) is 22.1. The number of carbonyl (C=O) groups is 1. The summed E-state index contributed by atoms with van der Waals surface area (Å²) in [5.74, 6) is 0.989. The van der Waals surface area contributed by atoms with E-state index in [0.29, 0.717) is 23.1 Å². The van der Waals surface area contributed by atoms with Crippen LogP contribution in [-0.4, -0.2) is 53.4 Å². The molecule has 0 aliphatic carbocycles.